The molecule has 2 N–H and O–H groups in total. The van der Waals surface area contributed by atoms with Gasteiger partial charge in [-0.3, -0.25) is 19.2 Å². The molecule has 0 bridgehead atoms. The van der Waals surface area contributed by atoms with Crippen molar-refractivity contribution in [2.24, 2.45) is 5.41 Å². The first kappa shape index (κ1) is 51.2. The third-order valence-electron chi connectivity index (χ3n) is 12.8. The number of carbonyl (C=O) groups excluding carboxylic acids is 4. The van der Waals surface area contributed by atoms with Crippen LogP contribution in [0, 0.1) is 33.1 Å². The smallest absolute Gasteiger partial charge is 0.302 e. The van der Waals surface area contributed by atoms with Crippen LogP contribution in [-0.4, -0.2) is 92.8 Å². The highest BCUT2D eigenvalue weighted by Crippen LogP contribution is 2.36. The Morgan fingerprint density at radius 3 is 2.29 bits per heavy atom. The van der Waals surface area contributed by atoms with Crippen molar-refractivity contribution in [3.05, 3.63) is 119 Å². The molecule has 3 aromatic heterocycles. The van der Waals surface area contributed by atoms with Gasteiger partial charge in [0.15, 0.2) is 0 Å². The third kappa shape index (κ3) is 12.6. The van der Waals surface area contributed by atoms with Crippen molar-refractivity contribution in [1.29, 1.82) is 0 Å². The van der Waals surface area contributed by atoms with E-state index in [4.69, 9.17) is 14.0 Å². The molecule has 4 atom stereocenters. The minimum Gasteiger partial charge on any atom is -0.461 e. The lowest BCUT2D eigenvalue weighted by Gasteiger charge is -2.35. The molecule has 0 spiro atoms. The molecule has 0 saturated carbocycles. The predicted molar refractivity (Wildman–Crippen MR) is 272 cm³/mol. The van der Waals surface area contributed by atoms with Gasteiger partial charge in [-0.15, -0.1) is 11.3 Å². The molecule has 0 aliphatic carbocycles. The van der Waals surface area contributed by atoms with Crippen LogP contribution in [0.25, 0.3) is 27.3 Å². The Bertz CT molecular complexity index is 2710. The molecule has 1 saturated heterocycles. The Balaban J connectivity index is 0.920. The first-order valence-electron chi connectivity index (χ1n) is 24.0. The first-order valence-corrected chi connectivity index (χ1v) is 24.9. The molecule has 3 aromatic carbocycles. The molecule has 1 fully saturated rings. The van der Waals surface area contributed by atoms with E-state index >= 15 is 0 Å². The minimum absolute atomic E-state index is 0.0253. The molecule has 15 nitrogen and oxygen atoms in total. The van der Waals surface area contributed by atoms with E-state index in [1.54, 1.807) is 23.9 Å². The van der Waals surface area contributed by atoms with Gasteiger partial charge in [-0.1, -0.05) is 75.2 Å². The number of ether oxygens (including phenoxy) is 2. The molecule has 70 heavy (non-hydrogen) atoms. The molecule has 7 rings (SSSR count). The number of carbonyl (C=O) groups is 4. The quantitative estimate of drug-likeness (QED) is 0.0551. The number of unbranched alkanes of at least 4 members (excludes halogenated alkanes) is 3. The van der Waals surface area contributed by atoms with E-state index in [1.165, 1.54) is 11.8 Å². The van der Waals surface area contributed by atoms with Crippen molar-refractivity contribution in [2.75, 3.05) is 31.2 Å². The molecular formula is C54H66N8O7S. The van der Waals surface area contributed by atoms with Gasteiger partial charge in [0.2, 0.25) is 17.7 Å². The van der Waals surface area contributed by atoms with Crippen molar-refractivity contribution in [3.63, 3.8) is 0 Å². The summed E-state index contributed by atoms with van der Waals surface area (Å²) in [6.45, 7) is 17.7. The number of aromatic nitrogens is 4. The molecule has 0 radical (unpaired) electrons. The minimum atomic E-state index is -0.978. The topological polar surface area (TPSA) is 174 Å². The van der Waals surface area contributed by atoms with Crippen LogP contribution in [0.2, 0.25) is 0 Å². The number of anilines is 2. The molecule has 6 aromatic rings. The van der Waals surface area contributed by atoms with Crippen LogP contribution in [0.3, 0.4) is 0 Å². The number of nitrogens with one attached hydrogen (secondary N) is 2. The zero-order chi connectivity index (χ0) is 50.1. The second-order valence-electron chi connectivity index (χ2n) is 19.3. The second kappa shape index (κ2) is 22.8. The summed E-state index contributed by atoms with van der Waals surface area (Å²) in [5.41, 5.74) is 11.3. The number of benzene rings is 3. The van der Waals surface area contributed by atoms with Gasteiger partial charge in [0, 0.05) is 61.5 Å². The third-order valence-corrected chi connectivity index (χ3v) is 13.8. The standard InChI is InChI=1S/C54H66N8O7S/c1-34-14-15-42(49-36(3)59-69-38(49)5)28-46(34)61(44-22-20-43(21-23-44)60-26-24-55-32-60)25-12-10-11-13-27-67-31-48(64)58-51(54(7,8)9)53(66)62-30-45(68-39(6)63)29-47(62)52(65)57-35(2)40-16-18-41(19-17-40)50-37(4)56-33-70-50/h14-24,26,28,32-33,35,45,47,51H,10-13,25,27,29-31H2,1-9H3,(H,57,65)(H,58,64)/t35-,45+,47-,51+/m0/s1. The average Bonchev–Trinajstić information content (AvgIpc) is 4.16. The maximum Gasteiger partial charge on any atom is 0.302 e. The van der Waals surface area contributed by atoms with E-state index in [-0.39, 0.29) is 31.5 Å². The summed E-state index contributed by atoms with van der Waals surface area (Å²) >= 11 is 1.57. The largest absolute Gasteiger partial charge is 0.461 e. The molecular weight excluding hydrogens is 905 g/mol. The Kier molecular flexibility index (Phi) is 16.7. The Hall–Kier alpha value is -6.65. The lowest BCUT2D eigenvalue weighted by atomic mass is 9.85. The Morgan fingerprint density at radius 1 is 0.914 bits per heavy atom. The highest BCUT2D eigenvalue weighted by Gasteiger charge is 2.46. The van der Waals surface area contributed by atoms with Crippen LogP contribution in [0.4, 0.5) is 11.4 Å². The SMILES string of the molecule is CC(=O)O[C@@H]1C[C@@H](C(=O)N[C@@H](C)c2ccc(-c3scnc3C)cc2)N(C(=O)[C@@H](NC(=O)COCCCCCCN(c2ccc(-n3ccnc3)cc2)c2cc(-c3c(C)noc3C)ccc2C)C(C)(C)C)C1. The van der Waals surface area contributed by atoms with Crippen LogP contribution in [0.5, 0.6) is 0 Å². The van der Waals surface area contributed by atoms with Gasteiger partial charge in [0.25, 0.3) is 0 Å². The summed E-state index contributed by atoms with van der Waals surface area (Å²) in [7, 11) is 0. The highest BCUT2D eigenvalue weighted by molar-refractivity contribution is 7.13. The van der Waals surface area contributed by atoms with E-state index in [9.17, 15) is 19.2 Å². The van der Waals surface area contributed by atoms with Crippen LogP contribution in [0.1, 0.15) is 101 Å². The van der Waals surface area contributed by atoms with Gasteiger partial charge < -0.3 is 39.0 Å². The van der Waals surface area contributed by atoms with Crippen molar-refractivity contribution < 1.29 is 33.2 Å². The average molecular weight is 971 g/mol. The zero-order valence-corrected chi connectivity index (χ0v) is 42.6. The fourth-order valence-corrected chi connectivity index (χ4v) is 9.88. The first-order chi connectivity index (χ1) is 33.5. The van der Waals surface area contributed by atoms with Crippen molar-refractivity contribution in [1.82, 2.24) is 35.2 Å². The van der Waals surface area contributed by atoms with Gasteiger partial charge in [-0.05, 0) is 105 Å². The Morgan fingerprint density at radius 2 is 1.64 bits per heavy atom. The van der Waals surface area contributed by atoms with Gasteiger partial charge in [-0.25, -0.2) is 9.97 Å². The van der Waals surface area contributed by atoms with Crippen LogP contribution in [0.15, 0.2) is 95.5 Å². The van der Waals surface area contributed by atoms with Gasteiger partial charge >= 0.3 is 5.97 Å². The van der Waals surface area contributed by atoms with Gasteiger partial charge in [0.1, 0.15) is 30.6 Å². The summed E-state index contributed by atoms with van der Waals surface area (Å²) in [4.78, 5) is 67.3. The predicted octanol–water partition coefficient (Wildman–Crippen LogP) is 9.54. The van der Waals surface area contributed by atoms with Crippen molar-refractivity contribution in [3.8, 4) is 27.3 Å². The number of imidazole rings is 1. The fraction of sp³-hybridized carbons (Fsp3) is 0.426. The van der Waals surface area contributed by atoms with E-state index in [0.717, 1.165) is 99.1 Å². The number of rotatable bonds is 20. The Labute approximate surface area is 415 Å². The second-order valence-corrected chi connectivity index (χ2v) is 20.1. The number of hydrogen-bond donors (Lipinski definition) is 2. The van der Waals surface area contributed by atoms with Gasteiger partial charge in [-0.2, -0.15) is 0 Å². The maximum atomic E-state index is 14.4. The van der Waals surface area contributed by atoms with Crippen LogP contribution >= 0.6 is 11.3 Å². The number of hydrogen-bond acceptors (Lipinski definition) is 12. The summed E-state index contributed by atoms with van der Waals surface area (Å²) in [5.74, 6) is -0.945. The summed E-state index contributed by atoms with van der Waals surface area (Å²) in [5, 5.41) is 10.2. The highest BCUT2D eigenvalue weighted by atomic mass is 32.1. The van der Waals surface area contributed by atoms with Crippen LogP contribution < -0.4 is 15.5 Å². The summed E-state index contributed by atoms with van der Waals surface area (Å²) in [6.07, 6.45) is 8.46. The molecule has 1 aliphatic rings. The van der Waals surface area contributed by atoms with Gasteiger partial charge in [0.05, 0.1) is 40.7 Å². The number of amides is 3. The number of nitrogens with zero attached hydrogens (tertiary/aromatic N) is 6. The maximum absolute atomic E-state index is 14.4. The van der Waals surface area contributed by atoms with Crippen molar-refractivity contribution >= 4 is 46.4 Å². The fourth-order valence-electron chi connectivity index (χ4n) is 9.07. The number of thiazole rings is 1. The number of esters is 1. The lowest BCUT2D eigenvalue weighted by Crippen LogP contribution is -2.58. The zero-order valence-electron chi connectivity index (χ0n) is 41.8. The molecule has 1 aliphatic heterocycles. The van der Waals surface area contributed by atoms with Crippen LogP contribution in [-0.2, 0) is 28.7 Å². The molecule has 370 valence electrons. The van der Waals surface area contributed by atoms with E-state index < -0.39 is 41.4 Å². The molecule has 4 heterocycles. The van der Waals surface area contributed by atoms with E-state index in [2.05, 4.69) is 80.0 Å². The monoisotopic (exact) mass is 970 g/mol. The number of aryl methyl sites for hydroxylation is 4. The van der Waals surface area contributed by atoms with Crippen molar-refractivity contribution in [2.45, 2.75) is 119 Å². The molecule has 16 heteroatoms. The molecule has 3 amide bonds. The van der Waals surface area contributed by atoms with E-state index in [1.807, 2.05) is 89.0 Å². The summed E-state index contributed by atoms with van der Waals surface area (Å²) in [6, 6.07) is 20.7. The van der Waals surface area contributed by atoms with E-state index in [0.29, 0.717) is 6.61 Å². The normalized spacial score (nSPS) is 15.6. The lowest BCUT2D eigenvalue weighted by molar-refractivity contribution is -0.147. The molecule has 0 unspecified atom stereocenters. The summed E-state index contributed by atoms with van der Waals surface area (Å²) < 4.78 is 18.9. The number of likely N-dealkylation sites (tertiary alicyclic amines) is 1.